The molecule has 0 atom stereocenters. The van der Waals surface area contributed by atoms with E-state index in [9.17, 15) is 9.59 Å². The highest BCUT2D eigenvalue weighted by Crippen LogP contribution is 2.52. The highest BCUT2D eigenvalue weighted by molar-refractivity contribution is 6.47. The van der Waals surface area contributed by atoms with Crippen LogP contribution in [-0.2, 0) is 0 Å². The molecule has 6 heteroatoms. The van der Waals surface area contributed by atoms with Crippen molar-refractivity contribution < 1.29 is 0 Å². The number of fused-ring (bicyclic) bond motifs is 14. The van der Waals surface area contributed by atoms with Crippen LogP contribution in [0.4, 0.5) is 0 Å². The van der Waals surface area contributed by atoms with E-state index in [1.54, 1.807) is 8.80 Å². The number of aromatic nitrogens is 4. The summed E-state index contributed by atoms with van der Waals surface area (Å²) < 4.78 is 3.57. The number of rotatable bonds is 0. The largest absolute Gasteiger partial charge is 0.268 e. The molecule has 0 radical (unpaired) electrons. The standard InChI is InChI=1S/C56H24N4O2/c61-55-39-23-19-35-31-15-11-27-28-12-16-32-36-20-24-40-52-38(54-58-42-6-2-4-8-44(42)60(54)56(40)62)22-18-34(50(36)52)30-14-10-26(46(28)48(30)32)25-9-13-29(47(31)45(25)27)33-17-21-37(51(39)49(33)35)53-57-41-5-1-3-7-43(41)59(53)55/h1-24H. The smallest absolute Gasteiger partial charge is 0.264 e. The molecule has 0 fully saturated rings. The molecule has 0 aliphatic carbocycles. The van der Waals surface area contributed by atoms with E-state index in [1.807, 2.05) is 60.7 Å². The molecule has 280 valence electrons. The normalized spacial score (nSPS) is 13.3. The van der Waals surface area contributed by atoms with E-state index in [0.717, 1.165) is 75.9 Å². The first kappa shape index (κ1) is 30.5. The Kier molecular flexibility index (Phi) is 4.81. The molecule has 0 aliphatic rings. The molecule has 0 bridgehead atoms. The third kappa shape index (κ3) is 3.11. The van der Waals surface area contributed by atoms with E-state index in [-0.39, 0.29) is 11.1 Å². The lowest BCUT2D eigenvalue weighted by atomic mass is 9.81. The third-order valence-electron chi connectivity index (χ3n) is 14.9. The fourth-order valence-corrected chi connectivity index (χ4v) is 12.5. The molecule has 17 rings (SSSR count). The van der Waals surface area contributed by atoms with E-state index >= 15 is 0 Å². The predicted octanol–water partition coefficient (Wildman–Crippen LogP) is 13.0. The lowest BCUT2D eigenvalue weighted by Gasteiger charge is -2.22. The molecule has 0 amide bonds. The van der Waals surface area contributed by atoms with E-state index in [0.29, 0.717) is 22.1 Å². The van der Waals surface area contributed by atoms with Crippen molar-refractivity contribution >= 4 is 163 Å². The molecular formula is C56H24N4O2. The summed E-state index contributed by atoms with van der Waals surface area (Å²) in [5, 5.41) is 26.9. The van der Waals surface area contributed by atoms with Gasteiger partial charge in [-0.2, -0.15) is 0 Å². The monoisotopic (exact) mass is 784 g/mol. The van der Waals surface area contributed by atoms with Crippen molar-refractivity contribution in [1.82, 2.24) is 18.8 Å². The Balaban J connectivity index is 1.01. The zero-order valence-corrected chi connectivity index (χ0v) is 32.5. The molecule has 17 aromatic rings. The van der Waals surface area contributed by atoms with Gasteiger partial charge in [0.2, 0.25) is 0 Å². The average molecular weight is 785 g/mol. The molecule has 13 aromatic carbocycles. The van der Waals surface area contributed by atoms with Crippen LogP contribution in [0.5, 0.6) is 0 Å². The van der Waals surface area contributed by atoms with Gasteiger partial charge < -0.3 is 0 Å². The predicted molar refractivity (Wildman–Crippen MR) is 257 cm³/mol. The number of para-hydroxylation sites is 4. The lowest BCUT2D eigenvalue weighted by Crippen LogP contribution is -2.13. The Bertz CT molecular complexity index is 4640. The Labute approximate surface area is 346 Å². The maximum absolute atomic E-state index is 14.3. The minimum absolute atomic E-state index is 0.0326. The van der Waals surface area contributed by atoms with Gasteiger partial charge in [-0.3, -0.25) is 18.4 Å². The maximum Gasteiger partial charge on any atom is 0.264 e. The van der Waals surface area contributed by atoms with E-state index < -0.39 is 0 Å². The number of hydrogen-bond acceptors (Lipinski definition) is 4. The second-order valence-corrected chi connectivity index (χ2v) is 17.4. The molecule has 0 unspecified atom stereocenters. The van der Waals surface area contributed by atoms with Crippen molar-refractivity contribution in [2.75, 3.05) is 0 Å². The van der Waals surface area contributed by atoms with E-state index in [1.165, 1.54) is 64.6 Å². The second kappa shape index (κ2) is 9.76. The van der Waals surface area contributed by atoms with Gasteiger partial charge in [0, 0.05) is 32.3 Å². The number of hydrogen-bond donors (Lipinski definition) is 0. The van der Waals surface area contributed by atoms with Crippen LogP contribution in [0.3, 0.4) is 0 Å². The van der Waals surface area contributed by atoms with Gasteiger partial charge in [-0.05, 0) is 145 Å². The Hall–Kier alpha value is -8.48. The molecule has 0 saturated heterocycles. The van der Waals surface area contributed by atoms with Crippen LogP contribution >= 0.6 is 0 Å². The Morgan fingerprint density at radius 1 is 0.258 bits per heavy atom. The van der Waals surface area contributed by atoms with Gasteiger partial charge in [-0.25, -0.2) is 9.97 Å². The molecule has 0 saturated carbocycles. The van der Waals surface area contributed by atoms with Crippen molar-refractivity contribution in [3.05, 3.63) is 166 Å². The highest BCUT2D eigenvalue weighted by atomic mass is 16.1. The number of benzene rings is 13. The van der Waals surface area contributed by atoms with Gasteiger partial charge >= 0.3 is 0 Å². The number of imidazole rings is 2. The first-order chi connectivity index (χ1) is 30.6. The molecule has 62 heavy (non-hydrogen) atoms. The summed E-state index contributed by atoms with van der Waals surface area (Å²) in [4.78, 5) is 38.6. The van der Waals surface area contributed by atoms with Crippen LogP contribution in [0, 0.1) is 0 Å². The number of pyridine rings is 2. The molecule has 4 aromatic heterocycles. The summed E-state index contributed by atoms with van der Waals surface area (Å²) in [6, 6.07) is 51.5. The summed E-state index contributed by atoms with van der Waals surface area (Å²) in [6.45, 7) is 0. The zero-order chi connectivity index (χ0) is 40.0. The fraction of sp³-hybridized carbons (Fsp3) is 0. The first-order valence-electron chi connectivity index (χ1n) is 21.1. The van der Waals surface area contributed by atoms with E-state index in [2.05, 4.69) is 84.9 Å². The topological polar surface area (TPSA) is 68.7 Å². The molecule has 0 spiro atoms. The van der Waals surface area contributed by atoms with Crippen molar-refractivity contribution in [3.63, 3.8) is 0 Å². The summed E-state index contributed by atoms with van der Waals surface area (Å²) in [6.07, 6.45) is 0. The average Bonchev–Trinajstić information content (AvgIpc) is 3.91. The SMILES string of the molecule is O=c1c2ccc3c4ccc5c6ccc7c8ccc9c(=O)n%10c%11ccccc%11nc%10c%10ccc(c%11ccc(c%12ccc(c%13ccc(c2c3%13)c2nc3ccccc3n12)c4c5%12)c6c7%11)c8c9%10. The van der Waals surface area contributed by atoms with Gasteiger partial charge in [-0.15, -0.1) is 0 Å². The second-order valence-electron chi connectivity index (χ2n) is 17.4. The zero-order valence-electron chi connectivity index (χ0n) is 32.5. The van der Waals surface area contributed by atoms with Crippen molar-refractivity contribution in [2.45, 2.75) is 0 Å². The molecular weight excluding hydrogens is 761 g/mol. The Morgan fingerprint density at radius 2 is 0.484 bits per heavy atom. The third-order valence-corrected chi connectivity index (χ3v) is 14.9. The van der Waals surface area contributed by atoms with Crippen LogP contribution in [-0.4, -0.2) is 18.8 Å². The Morgan fingerprint density at radius 3 is 0.774 bits per heavy atom. The lowest BCUT2D eigenvalue weighted by molar-refractivity contribution is 1.19. The summed E-state index contributed by atoms with van der Waals surface area (Å²) in [5.41, 5.74) is 4.66. The maximum atomic E-state index is 14.3. The molecule has 0 aliphatic heterocycles. The summed E-state index contributed by atoms with van der Waals surface area (Å²) >= 11 is 0. The highest BCUT2D eigenvalue weighted by Gasteiger charge is 2.26. The summed E-state index contributed by atoms with van der Waals surface area (Å²) in [7, 11) is 0. The van der Waals surface area contributed by atoms with Crippen molar-refractivity contribution in [3.8, 4) is 0 Å². The molecule has 4 heterocycles. The fourth-order valence-electron chi connectivity index (χ4n) is 12.5. The van der Waals surface area contributed by atoms with Gasteiger partial charge in [0.1, 0.15) is 11.3 Å². The van der Waals surface area contributed by atoms with Crippen LogP contribution in [0.1, 0.15) is 0 Å². The molecule has 6 nitrogen and oxygen atoms in total. The first-order valence-corrected chi connectivity index (χ1v) is 21.1. The van der Waals surface area contributed by atoms with Crippen LogP contribution in [0.25, 0.3) is 163 Å². The van der Waals surface area contributed by atoms with Crippen molar-refractivity contribution in [1.29, 1.82) is 0 Å². The molecule has 0 N–H and O–H groups in total. The van der Waals surface area contributed by atoms with Gasteiger partial charge in [0.05, 0.1) is 22.1 Å². The minimum Gasteiger partial charge on any atom is -0.268 e. The quantitative estimate of drug-likeness (QED) is 0.113. The van der Waals surface area contributed by atoms with Gasteiger partial charge in [0.25, 0.3) is 11.1 Å². The van der Waals surface area contributed by atoms with Gasteiger partial charge in [-0.1, -0.05) is 97.1 Å². The van der Waals surface area contributed by atoms with Crippen molar-refractivity contribution in [2.24, 2.45) is 0 Å². The van der Waals surface area contributed by atoms with Crippen LogP contribution in [0.15, 0.2) is 155 Å². The number of nitrogens with zero attached hydrogens (tertiary/aromatic N) is 4. The summed E-state index contributed by atoms with van der Waals surface area (Å²) in [5.74, 6) is 0. The minimum atomic E-state index is -0.0326. The van der Waals surface area contributed by atoms with Crippen LogP contribution in [0.2, 0.25) is 0 Å². The van der Waals surface area contributed by atoms with Crippen LogP contribution < -0.4 is 11.1 Å². The van der Waals surface area contributed by atoms with E-state index in [4.69, 9.17) is 9.97 Å². The van der Waals surface area contributed by atoms with Gasteiger partial charge in [0.15, 0.2) is 0 Å².